The largest absolute Gasteiger partial charge is 0.374 e. The Hall–Kier alpha value is -2.63. The molecule has 0 aliphatic carbocycles. The molecule has 2 aromatic rings. The second-order valence-corrected chi connectivity index (χ2v) is 6.18. The third kappa shape index (κ3) is 4.26. The first-order valence-corrected chi connectivity index (χ1v) is 8.31. The van der Waals surface area contributed by atoms with Crippen LogP contribution in [0.25, 0.3) is 0 Å². The molecule has 0 atom stereocenters. The molecule has 1 N–H and O–H groups in total. The summed E-state index contributed by atoms with van der Waals surface area (Å²) < 4.78 is 26.5. The second-order valence-electron chi connectivity index (χ2n) is 6.18. The maximum absolute atomic E-state index is 13.6. The maximum Gasteiger partial charge on any atom is 0.241 e. The first-order valence-electron chi connectivity index (χ1n) is 8.31. The third-order valence-electron chi connectivity index (χ3n) is 4.36. The summed E-state index contributed by atoms with van der Waals surface area (Å²) in [5.41, 5.74) is 2.51. The van der Waals surface area contributed by atoms with Gasteiger partial charge in [0.25, 0.3) is 0 Å². The Kier molecular flexibility index (Phi) is 5.16. The summed E-state index contributed by atoms with van der Waals surface area (Å²) in [6.45, 7) is 4.83. The molecule has 0 bridgehead atoms. The number of carbonyl (C=O) groups excluding carboxylic acids is 1. The number of hydrogen-bond donors (Lipinski definition) is 1. The average Bonchev–Trinajstić information content (AvgIpc) is 2.61. The number of benzene rings is 2. The number of amides is 1. The molecule has 25 heavy (non-hydrogen) atoms. The number of halogens is 2. The topological polar surface area (TPSA) is 35.6 Å². The lowest BCUT2D eigenvalue weighted by Crippen LogP contribution is -2.50. The normalized spacial score (nSPS) is 14.5. The fourth-order valence-electron chi connectivity index (χ4n) is 2.95. The number of anilines is 2. The highest BCUT2D eigenvalue weighted by atomic mass is 19.1. The summed E-state index contributed by atoms with van der Waals surface area (Å²) in [6, 6.07) is 11.6. The van der Waals surface area contributed by atoms with Crippen molar-refractivity contribution in [2.75, 3.05) is 42.9 Å². The van der Waals surface area contributed by atoms with E-state index in [1.165, 1.54) is 17.3 Å². The smallest absolute Gasteiger partial charge is 0.241 e. The number of rotatable bonds is 4. The number of carbonyl (C=O) groups is 1. The van der Waals surface area contributed by atoms with E-state index in [-0.39, 0.29) is 18.1 Å². The minimum Gasteiger partial charge on any atom is -0.374 e. The van der Waals surface area contributed by atoms with E-state index in [0.29, 0.717) is 13.1 Å². The molecule has 1 amide bonds. The molecular weight excluding hydrogens is 324 g/mol. The maximum atomic E-state index is 13.6. The van der Waals surface area contributed by atoms with Gasteiger partial charge in [0.05, 0.1) is 12.2 Å². The molecular formula is C19H21F2N3O. The van der Waals surface area contributed by atoms with E-state index in [2.05, 4.69) is 35.3 Å². The predicted molar refractivity (Wildman–Crippen MR) is 94.8 cm³/mol. The van der Waals surface area contributed by atoms with Crippen molar-refractivity contribution in [3.8, 4) is 0 Å². The molecule has 0 aromatic heterocycles. The standard InChI is InChI=1S/C19H21F2N3O/c1-14-3-2-4-16(11-14)23-7-9-24(10-8-23)19(25)13-22-18-6-5-15(20)12-17(18)21/h2-6,11-12,22H,7-10,13H2,1H3. The first-order chi connectivity index (χ1) is 12.0. The molecule has 132 valence electrons. The Balaban J connectivity index is 1.51. The van der Waals surface area contributed by atoms with Crippen LogP contribution in [0.15, 0.2) is 42.5 Å². The van der Waals surface area contributed by atoms with Gasteiger partial charge in [0.15, 0.2) is 0 Å². The zero-order chi connectivity index (χ0) is 17.8. The van der Waals surface area contributed by atoms with Gasteiger partial charge in [-0.3, -0.25) is 4.79 Å². The van der Waals surface area contributed by atoms with Crippen molar-refractivity contribution >= 4 is 17.3 Å². The second kappa shape index (κ2) is 7.51. The summed E-state index contributed by atoms with van der Waals surface area (Å²) in [7, 11) is 0. The molecule has 1 aliphatic rings. The van der Waals surface area contributed by atoms with Gasteiger partial charge in [0.1, 0.15) is 11.6 Å². The van der Waals surface area contributed by atoms with E-state index in [1.54, 1.807) is 4.90 Å². The molecule has 0 radical (unpaired) electrons. The van der Waals surface area contributed by atoms with Gasteiger partial charge in [-0.15, -0.1) is 0 Å². The third-order valence-corrected chi connectivity index (χ3v) is 4.36. The Morgan fingerprint density at radius 2 is 1.84 bits per heavy atom. The molecule has 1 saturated heterocycles. The Morgan fingerprint density at radius 1 is 1.08 bits per heavy atom. The molecule has 0 saturated carbocycles. The van der Waals surface area contributed by atoms with Crippen LogP contribution in [-0.2, 0) is 4.79 Å². The fourth-order valence-corrected chi connectivity index (χ4v) is 2.95. The molecule has 1 aliphatic heterocycles. The summed E-state index contributed by atoms with van der Waals surface area (Å²) in [6.07, 6.45) is 0. The van der Waals surface area contributed by atoms with Crippen molar-refractivity contribution in [2.45, 2.75) is 6.92 Å². The van der Waals surface area contributed by atoms with Crippen molar-refractivity contribution < 1.29 is 13.6 Å². The van der Waals surface area contributed by atoms with Gasteiger partial charge in [0, 0.05) is 37.9 Å². The highest BCUT2D eigenvalue weighted by Gasteiger charge is 2.21. The fraction of sp³-hybridized carbons (Fsp3) is 0.316. The average molecular weight is 345 g/mol. The minimum absolute atomic E-state index is 0.00695. The van der Waals surface area contributed by atoms with Crippen molar-refractivity contribution in [1.82, 2.24) is 4.90 Å². The van der Waals surface area contributed by atoms with Crippen molar-refractivity contribution in [2.24, 2.45) is 0 Å². The van der Waals surface area contributed by atoms with Gasteiger partial charge in [-0.2, -0.15) is 0 Å². The van der Waals surface area contributed by atoms with E-state index in [0.717, 1.165) is 25.2 Å². The van der Waals surface area contributed by atoms with E-state index in [9.17, 15) is 13.6 Å². The zero-order valence-electron chi connectivity index (χ0n) is 14.1. The van der Waals surface area contributed by atoms with Crippen LogP contribution in [-0.4, -0.2) is 43.5 Å². The van der Waals surface area contributed by atoms with Gasteiger partial charge in [-0.05, 0) is 36.8 Å². The number of aryl methyl sites for hydroxylation is 1. The molecule has 0 unspecified atom stereocenters. The zero-order valence-corrected chi connectivity index (χ0v) is 14.1. The molecule has 3 rings (SSSR count). The van der Waals surface area contributed by atoms with E-state index in [4.69, 9.17) is 0 Å². The van der Waals surface area contributed by atoms with Crippen LogP contribution in [0, 0.1) is 18.6 Å². The summed E-state index contributed by atoms with van der Waals surface area (Å²) in [4.78, 5) is 16.3. The SMILES string of the molecule is Cc1cccc(N2CCN(C(=O)CNc3ccc(F)cc3F)CC2)c1. The molecule has 6 heteroatoms. The van der Waals surface area contributed by atoms with Crippen LogP contribution in [0.4, 0.5) is 20.2 Å². The molecule has 0 spiro atoms. The van der Waals surface area contributed by atoms with Crippen molar-refractivity contribution in [3.05, 3.63) is 59.7 Å². The van der Waals surface area contributed by atoms with Crippen LogP contribution in [0.5, 0.6) is 0 Å². The van der Waals surface area contributed by atoms with E-state index in [1.807, 2.05) is 6.07 Å². The molecule has 1 heterocycles. The first kappa shape index (κ1) is 17.2. The van der Waals surface area contributed by atoms with Gasteiger partial charge < -0.3 is 15.1 Å². The number of nitrogens with zero attached hydrogens (tertiary/aromatic N) is 2. The predicted octanol–water partition coefficient (Wildman–Crippen LogP) is 3.03. The lowest BCUT2D eigenvalue weighted by molar-refractivity contribution is -0.129. The Morgan fingerprint density at radius 3 is 2.52 bits per heavy atom. The highest BCUT2D eigenvalue weighted by Crippen LogP contribution is 2.18. The lowest BCUT2D eigenvalue weighted by atomic mass is 10.2. The molecule has 1 fully saturated rings. The lowest BCUT2D eigenvalue weighted by Gasteiger charge is -2.36. The highest BCUT2D eigenvalue weighted by molar-refractivity contribution is 5.81. The summed E-state index contributed by atoms with van der Waals surface area (Å²) >= 11 is 0. The molecule has 2 aromatic carbocycles. The van der Waals surface area contributed by atoms with Crippen LogP contribution in [0.1, 0.15) is 5.56 Å². The summed E-state index contributed by atoms with van der Waals surface area (Å²) in [5.74, 6) is -1.42. The summed E-state index contributed by atoms with van der Waals surface area (Å²) in [5, 5.41) is 2.74. The minimum atomic E-state index is -0.697. The van der Waals surface area contributed by atoms with Gasteiger partial charge in [-0.1, -0.05) is 12.1 Å². The number of piperazine rings is 1. The van der Waals surface area contributed by atoms with Crippen molar-refractivity contribution in [1.29, 1.82) is 0 Å². The van der Waals surface area contributed by atoms with Gasteiger partial charge in [0.2, 0.25) is 5.91 Å². The number of nitrogens with one attached hydrogen (secondary N) is 1. The Bertz CT molecular complexity index is 758. The Labute approximate surface area is 146 Å². The monoisotopic (exact) mass is 345 g/mol. The molecule has 4 nitrogen and oxygen atoms in total. The number of hydrogen-bond acceptors (Lipinski definition) is 3. The van der Waals surface area contributed by atoms with Crippen LogP contribution in [0.3, 0.4) is 0 Å². The van der Waals surface area contributed by atoms with Crippen LogP contribution < -0.4 is 10.2 Å². The van der Waals surface area contributed by atoms with E-state index < -0.39 is 11.6 Å². The van der Waals surface area contributed by atoms with Crippen molar-refractivity contribution in [3.63, 3.8) is 0 Å². The van der Waals surface area contributed by atoms with Gasteiger partial charge >= 0.3 is 0 Å². The quantitative estimate of drug-likeness (QED) is 0.925. The van der Waals surface area contributed by atoms with Crippen LogP contribution in [0.2, 0.25) is 0 Å². The van der Waals surface area contributed by atoms with E-state index >= 15 is 0 Å². The van der Waals surface area contributed by atoms with Gasteiger partial charge in [-0.25, -0.2) is 8.78 Å². The van der Waals surface area contributed by atoms with Crippen LogP contribution >= 0.6 is 0 Å².